The van der Waals surface area contributed by atoms with Crippen LogP contribution in [0.15, 0.2) is 30.3 Å². The van der Waals surface area contributed by atoms with Crippen molar-refractivity contribution in [3.63, 3.8) is 0 Å². The van der Waals surface area contributed by atoms with Crippen LogP contribution in [0.3, 0.4) is 0 Å². The van der Waals surface area contributed by atoms with Gasteiger partial charge in [0.1, 0.15) is 0 Å². The summed E-state index contributed by atoms with van der Waals surface area (Å²) in [7, 11) is 1.58. The van der Waals surface area contributed by atoms with Gasteiger partial charge in [0.2, 0.25) is 5.01 Å². The van der Waals surface area contributed by atoms with Gasteiger partial charge in [-0.05, 0) is 5.56 Å². The molecule has 5 nitrogen and oxygen atoms in total. The normalized spacial score (nSPS) is 11.3. The molecule has 1 amide bonds. The number of carbonyl (C=O) groups excluding carboxylic acids is 1. The van der Waals surface area contributed by atoms with E-state index in [1.54, 1.807) is 7.05 Å². The number of ether oxygens (including phenoxy) is 1. The van der Waals surface area contributed by atoms with Crippen molar-refractivity contribution in [2.75, 3.05) is 13.7 Å². The predicted octanol–water partition coefficient (Wildman–Crippen LogP) is 2.59. The summed E-state index contributed by atoms with van der Waals surface area (Å²) in [5, 5.41) is 4.84. The highest BCUT2D eigenvalue weighted by atomic mass is 32.1. The van der Waals surface area contributed by atoms with Crippen LogP contribution in [-0.2, 0) is 17.5 Å². The molecule has 0 N–H and O–H groups in total. The second-order valence-corrected chi connectivity index (χ2v) is 5.34. The van der Waals surface area contributed by atoms with Crippen LogP contribution in [0.4, 0.5) is 13.2 Å². The fourth-order valence-electron chi connectivity index (χ4n) is 1.56. The predicted molar refractivity (Wildman–Crippen MR) is 73.3 cm³/mol. The molecule has 0 spiro atoms. The lowest BCUT2D eigenvalue weighted by molar-refractivity contribution is -0.138. The molecule has 0 radical (unpaired) electrons. The van der Waals surface area contributed by atoms with Crippen LogP contribution >= 0.6 is 11.3 Å². The Labute approximate surface area is 128 Å². The number of carbonyl (C=O) groups is 1. The van der Waals surface area contributed by atoms with E-state index >= 15 is 0 Å². The summed E-state index contributed by atoms with van der Waals surface area (Å²) < 4.78 is 42.0. The summed E-state index contributed by atoms with van der Waals surface area (Å²) in [5.74, 6) is -0.368. The molecule has 118 valence electrons. The molecule has 2 rings (SSSR count). The van der Waals surface area contributed by atoms with Crippen LogP contribution < -0.4 is 4.74 Å². The van der Waals surface area contributed by atoms with Crippen molar-refractivity contribution in [3.8, 4) is 5.19 Å². The van der Waals surface area contributed by atoms with Crippen molar-refractivity contribution in [1.29, 1.82) is 0 Å². The third-order valence-corrected chi connectivity index (χ3v) is 3.54. The Bertz CT molecular complexity index is 631. The Morgan fingerprint density at radius 3 is 2.55 bits per heavy atom. The van der Waals surface area contributed by atoms with E-state index in [2.05, 4.69) is 10.2 Å². The summed E-state index contributed by atoms with van der Waals surface area (Å²) in [6, 6.07) is 9.30. The highest BCUT2D eigenvalue weighted by molar-refractivity contribution is 7.13. The van der Waals surface area contributed by atoms with E-state index in [9.17, 15) is 18.0 Å². The molecule has 0 bridgehead atoms. The van der Waals surface area contributed by atoms with Crippen LogP contribution in [0.25, 0.3) is 0 Å². The lowest BCUT2D eigenvalue weighted by atomic mass is 10.2. The fraction of sp³-hybridized carbons (Fsp3) is 0.308. The Morgan fingerprint density at radius 2 is 1.95 bits per heavy atom. The first-order valence-electron chi connectivity index (χ1n) is 6.17. The van der Waals surface area contributed by atoms with E-state index < -0.39 is 17.8 Å². The molecule has 22 heavy (non-hydrogen) atoms. The first kappa shape index (κ1) is 16.2. The first-order valence-corrected chi connectivity index (χ1v) is 6.99. The average molecular weight is 331 g/mol. The minimum Gasteiger partial charge on any atom is -0.459 e. The minimum atomic E-state index is -4.56. The van der Waals surface area contributed by atoms with Crippen LogP contribution in [-0.4, -0.2) is 34.7 Å². The van der Waals surface area contributed by atoms with Gasteiger partial charge in [0.05, 0.1) is 0 Å². The van der Waals surface area contributed by atoms with Gasteiger partial charge in [-0.15, -0.1) is 5.10 Å². The quantitative estimate of drug-likeness (QED) is 0.845. The Hall–Kier alpha value is -2.16. The van der Waals surface area contributed by atoms with E-state index in [0.717, 1.165) is 5.56 Å². The number of hydrogen-bond acceptors (Lipinski definition) is 5. The molecule has 0 saturated carbocycles. The molecular weight excluding hydrogens is 319 g/mol. The van der Waals surface area contributed by atoms with Crippen LogP contribution in [0.2, 0.25) is 0 Å². The first-order chi connectivity index (χ1) is 10.4. The number of hydrogen-bond donors (Lipinski definition) is 0. The maximum absolute atomic E-state index is 12.3. The number of halogens is 3. The summed E-state index contributed by atoms with van der Waals surface area (Å²) in [5.41, 5.74) is 0.939. The monoisotopic (exact) mass is 331 g/mol. The van der Waals surface area contributed by atoms with Crippen molar-refractivity contribution in [1.82, 2.24) is 15.1 Å². The molecule has 0 aliphatic heterocycles. The number of alkyl halides is 3. The van der Waals surface area contributed by atoms with Gasteiger partial charge in [0, 0.05) is 13.6 Å². The lowest BCUT2D eigenvalue weighted by Crippen LogP contribution is -2.30. The molecule has 0 fully saturated rings. The van der Waals surface area contributed by atoms with Crippen molar-refractivity contribution >= 4 is 17.2 Å². The number of benzene rings is 1. The fourth-order valence-corrected chi connectivity index (χ4v) is 2.12. The Kier molecular flexibility index (Phi) is 4.96. The molecule has 1 heterocycles. The van der Waals surface area contributed by atoms with Crippen LogP contribution in [0.5, 0.6) is 5.19 Å². The molecule has 0 aliphatic carbocycles. The van der Waals surface area contributed by atoms with E-state index in [1.807, 2.05) is 30.3 Å². The third kappa shape index (κ3) is 4.42. The summed E-state index contributed by atoms with van der Waals surface area (Å²) in [6.45, 7) is -0.0111. The number of aromatic nitrogens is 2. The van der Waals surface area contributed by atoms with E-state index in [0.29, 0.717) is 6.54 Å². The maximum atomic E-state index is 12.3. The van der Waals surface area contributed by atoms with Crippen LogP contribution in [0, 0.1) is 0 Å². The number of likely N-dealkylation sites (N-methyl/N-ethyl adjacent to an activating group) is 1. The van der Waals surface area contributed by atoms with Gasteiger partial charge in [-0.25, -0.2) is 0 Å². The van der Waals surface area contributed by atoms with Gasteiger partial charge in [0.25, 0.3) is 11.1 Å². The molecule has 0 aliphatic rings. The van der Waals surface area contributed by atoms with Gasteiger partial charge in [-0.3, -0.25) is 4.79 Å². The van der Waals surface area contributed by atoms with E-state index in [-0.39, 0.29) is 22.4 Å². The standard InChI is InChI=1S/C13H12F3N3O2S/c1-19(7-9-5-3-2-4-6-9)10(20)8-21-12-18-17-11(22-12)13(14,15)16/h2-6H,7-8H2,1H3. The van der Waals surface area contributed by atoms with Gasteiger partial charge in [-0.2, -0.15) is 13.2 Å². The topological polar surface area (TPSA) is 55.3 Å². The van der Waals surface area contributed by atoms with Gasteiger partial charge in [0.15, 0.2) is 6.61 Å². The Balaban J connectivity index is 1.86. The molecule has 1 aromatic carbocycles. The second kappa shape index (κ2) is 6.73. The molecule has 9 heteroatoms. The van der Waals surface area contributed by atoms with E-state index in [4.69, 9.17) is 4.74 Å². The van der Waals surface area contributed by atoms with Crippen molar-refractivity contribution in [3.05, 3.63) is 40.9 Å². The second-order valence-electron chi connectivity index (χ2n) is 4.39. The SMILES string of the molecule is CN(Cc1ccccc1)C(=O)COc1nnc(C(F)(F)F)s1. The van der Waals surface area contributed by atoms with Crippen LogP contribution in [0.1, 0.15) is 10.6 Å². The summed E-state index contributed by atoms with van der Waals surface area (Å²) in [4.78, 5) is 13.3. The zero-order valence-electron chi connectivity index (χ0n) is 11.5. The largest absolute Gasteiger partial charge is 0.459 e. The maximum Gasteiger partial charge on any atom is 0.445 e. The molecule has 1 aromatic heterocycles. The van der Waals surface area contributed by atoms with E-state index in [1.165, 1.54) is 4.90 Å². The molecular formula is C13H12F3N3O2S. The zero-order valence-corrected chi connectivity index (χ0v) is 12.3. The van der Waals surface area contributed by atoms with Gasteiger partial charge in [-0.1, -0.05) is 46.8 Å². The summed E-state index contributed by atoms with van der Waals surface area (Å²) in [6.07, 6.45) is -4.56. The van der Waals surface area contributed by atoms with Crippen molar-refractivity contribution in [2.24, 2.45) is 0 Å². The highest BCUT2D eigenvalue weighted by Gasteiger charge is 2.36. The average Bonchev–Trinajstić information content (AvgIpc) is 2.94. The summed E-state index contributed by atoms with van der Waals surface area (Å²) >= 11 is 0.257. The van der Waals surface area contributed by atoms with Gasteiger partial charge < -0.3 is 9.64 Å². The molecule has 0 unspecified atom stereocenters. The lowest BCUT2D eigenvalue weighted by Gasteiger charge is -2.16. The minimum absolute atomic E-state index is 0.257. The van der Waals surface area contributed by atoms with Crippen molar-refractivity contribution in [2.45, 2.75) is 12.7 Å². The smallest absolute Gasteiger partial charge is 0.445 e. The van der Waals surface area contributed by atoms with Crippen molar-refractivity contribution < 1.29 is 22.7 Å². The third-order valence-electron chi connectivity index (χ3n) is 2.66. The molecule has 2 aromatic rings. The molecule has 0 saturated heterocycles. The number of nitrogens with zero attached hydrogens (tertiary/aromatic N) is 3. The molecule has 0 atom stereocenters. The highest BCUT2D eigenvalue weighted by Crippen LogP contribution is 2.33. The Morgan fingerprint density at radius 1 is 1.27 bits per heavy atom. The number of amides is 1. The number of rotatable bonds is 5. The van der Waals surface area contributed by atoms with Gasteiger partial charge >= 0.3 is 6.18 Å². The zero-order chi connectivity index (χ0) is 16.2.